The van der Waals surface area contributed by atoms with E-state index in [2.05, 4.69) is 39.8 Å². The van der Waals surface area contributed by atoms with Gasteiger partial charge in [0.1, 0.15) is 17.1 Å². The van der Waals surface area contributed by atoms with Crippen LogP contribution in [-0.4, -0.2) is 16.3 Å². The predicted octanol–water partition coefficient (Wildman–Crippen LogP) is 6.82. The fourth-order valence-electron chi connectivity index (χ4n) is 3.10. The molecular weight excluding hydrogens is 350 g/mol. The van der Waals surface area contributed by atoms with Crippen LogP contribution in [0, 0.1) is 6.92 Å². The fourth-order valence-corrected chi connectivity index (χ4v) is 3.10. The second-order valence-corrected chi connectivity index (χ2v) is 9.24. The Labute approximate surface area is 167 Å². The first-order valence-electron chi connectivity index (χ1n) is 9.57. The molecule has 3 rings (SSSR count). The largest absolute Gasteiger partial charge is 0.457 e. The highest BCUT2D eigenvalue weighted by Gasteiger charge is 2.21. The molecule has 0 atom stereocenters. The highest BCUT2D eigenvalue weighted by Crippen LogP contribution is 2.35. The SMILES string of the molecule is Cc1ccc(Oc2ccc3c(ccn3C(=O)OC(C)(C)C)c2)c(C(C)(C)C)c1. The number of hydrogen-bond donors (Lipinski definition) is 0. The molecule has 0 amide bonds. The van der Waals surface area contributed by atoms with Crippen LogP contribution in [0.5, 0.6) is 11.5 Å². The van der Waals surface area contributed by atoms with Gasteiger partial charge in [-0.2, -0.15) is 0 Å². The van der Waals surface area contributed by atoms with Crippen molar-refractivity contribution in [3.8, 4) is 11.5 Å². The van der Waals surface area contributed by atoms with Crippen LogP contribution in [0.3, 0.4) is 0 Å². The number of hydrogen-bond acceptors (Lipinski definition) is 3. The Morgan fingerprint density at radius 1 is 0.929 bits per heavy atom. The van der Waals surface area contributed by atoms with Crippen molar-refractivity contribution in [2.75, 3.05) is 0 Å². The monoisotopic (exact) mass is 379 g/mol. The summed E-state index contributed by atoms with van der Waals surface area (Å²) in [7, 11) is 0. The van der Waals surface area contributed by atoms with Crippen molar-refractivity contribution in [2.45, 2.75) is 59.5 Å². The quantitative estimate of drug-likeness (QED) is 0.490. The van der Waals surface area contributed by atoms with Gasteiger partial charge in [-0.15, -0.1) is 0 Å². The van der Waals surface area contributed by atoms with E-state index >= 15 is 0 Å². The second kappa shape index (κ2) is 7.01. The number of aryl methyl sites for hydroxylation is 1. The van der Waals surface area contributed by atoms with E-state index < -0.39 is 5.60 Å². The molecule has 0 radical (unpaired) electrons. The number of ether oxygens (including phenoxy) is 2. The number of nitrogens with zero attached hydrogens (tertiary/aromatic N) is 1. The fraction of sp³-hybridized carbons (Fsp3) is 0.375. The van der Waals surface area contributed by atoms with E-state index in [9.17, 15) is 4.79 Å². The molecule has 28 heavy (non-hydrogen) atoms. The summed E-state index contributed by atoms with van der Waals surface area (Å²) in [5.74, 6) is 1.59. The molecule has 4 heteroatoms. The van der Waals surface area contributed by atoms with Gasteiger partial charge in [-0.25, -0.2) is 4.79 Å². The molecule has 0 saturated heterocycles. The summed E-state index contributed by atoms with van der Waals surface area (Å²) in [6.45, 7) is 14.2. The van der Waals surface area contributed by atoms with Gasteiger partial charge in [-0.05, 0) is 63.4 Å². The highest BCUT2D eigenvalue weighted by molar-refractivity contribution is 5.90. The molecule has 0 aliphatic carbocycles. The van der Waals surface area contributed by atoms with Crippen molar-refractivity contribution < 1.29 is 14.3 Å². The maximum atomic E-state index is 12.4. The molecule has 1 heterocycles. The van der Waals surface area contributed by atoms with Gasteiger partial charge in [-0.1, -0.05) is 38.5 Å². The molecule has 0 spiro atoms. The number of aromatic nitrogens is 1. The van der Waals surface area contributed by atoms with Crippen molar-refractivity contribution in [1.82, 2.24) is 4.57 Å². The maximum absolute atomic E-state index is 12.4. The van der Waals surface area contributed by atoms with Gasteiger partial charge in [0.15, 0.2) is 0 Å². The van der Waals surface area contributed by atoms with Crippen molar-refractivity contribution in [3.63, 3.8) is 0 Å². The second-order valence-electron chi connectivity index (χ2n) is 9.24. The average Bonchev–Trinajstić information content (AvgIpc) is 2.97. The first-order chi connectivity index (χ1) is 12.9. The summed E-state index contributed by atoms with van der Waals surface area (Å²) >= 11 is 0. The number of rotatable bonds is 2. The average molecular weight is 380 g/mol. The molecule has 148 valence electrons. The zero-order valence-electron chi connectivity index (χ0n) is 17.8. The van der Waals surface area contributed by atoms with E-state index in [4.69, 9.17) is 9.47 Å². The molecule has 0 aliphatic heterocycles. The zero-order chi connectivity index (χ0) is 20.7. The van der Waals surface area contributed by atoms with Crippen LogP contribution in [0.2, 0.25) is 0 Å². The van der Waals surface area contributed by atoms with Gasteiger partial charge in [0, 0.05) is 17.1 Å². The van der Waals surface area contributed by atoms with Crippen molar-refractivity contribution >= 4 is 17.0 Å². The highest BCUT2D eigenvalue weighted by atomic mass is 16.6. The molecule has 0 N–H and O–H groups in total. The molecule has 4 nitrogen and oxygen atoms in total. The van der Waals surface area contributed by atoms with Crippen LogP contribution in [-0.2, 0) is 10.2 Å². The van der Waals surface area contributed by atoms with Gasteiger partial charge in [0.2, 0.25) is 0 Å². The first-order valence-corrected chi connectivity index (χ1v) is 9.57. The number of fused-ring (bicyclic) bond motifs is 1. The molecule has 3 aromatic rings. The lowest BCUT2D eigenvalue weighted by Crippen LogP contribution is -2.26. The van der Waals surface area contributed by atoms with Crippen LogP contribution in [0.4, 0.5) is 4.79 Å². The van der Waals surface area contributed by atoms with E-state index in [0.29, 0.717) is 0 Å². The van der Waals surface area contributed by atoms with E-state index in [-0.39, 0.29) is 11.5 Å². The third-order valence-corrected chi connectivity index (χ3v) is 4.42. The van der Waals surface area contributed by atoms with Crippen LogP contribution < -0.4 is 4.74 Å². The predicted molar refractivity (Wildman–Crippen MR) is 114 cm³/mol. The summed E-state index contributed by atoms with van der Waals surface area (Å²) in [5.41, 5.74) is 2.61. The van der Waals surface area contributed by atoms with Gasteiger partial charge in [0.05, 0.1) is 5.52 Å². The Bertz CT molecular complexity index is 1020. The Morgan fingerprint density at radius 3 is 2.29 bits per heavy atom. The van der Waals surface area contributed by atoms with Gasteiger partial charge in [-0.3, -0.25) is 4.57 Å². The Kier molecular flexibility index (Phi) is 5.00. The number of benzene rings is 2. The first kappa shape index (κ1) is 20.0. The van der Waals surface area contributed by atoms with Crippen LogP contribution in [0.15, 0.2) is 48.7 Å². The summed E-state index contributed by atoms with van der Waals surface area (Å²) in [4.78, 5) is 12.4. The molecule has 2 aromatic carbocycles. The van der Waals surface area contributed by atoms with Crippen molar-refractivity contribution in [3.05, 3.63) is 59.8 Å². The third kappa shape index (κ3) is 4.38. The minimum atomic E-state index is -0.536. The minimum absolute atomic E-state index is 0.0223. The molecule has 0 saturated carbocycles. The smallest absolute Gasteiger partial charge is 0.418 e. The van der Waals surface area contributed by atoms with Crippen molar-refractivity contribution in [2.24, 2.45) is 0 Å². The molecule has 0 bridgehead atoms. The summed E-state index contributed by atoms with van der Waals surface area (Å²) in [5, 5.41) is 0.924. The van der Waals surface area contributed by atoms with E-state index in [1.54, 1.807) is 6.20 Å². The van der Waals surface area contributed by atoms with Gasteiger partial charge >= 0.3 is 6.09 Å². The maximum Gasteiger partial charge on any atom is 0.418 e. The Balaban J connectivity index is 1.92. The molecule has 0 aliphatic rings. The lowest BCUT2D eigenvalue weighted by molar-refractivity contribution is 0.0544. The zero-order valence-corrected chi connectivity index (χ0v) is 17.8. The van der Waals surface area contributed by atoms with Crippen molar-refractivity contribution in [1.29, 1.82) is 0 Å². The standard InChI is InChI=1S/C24H29NO3/c1-16-8-11-21(19(14-16)23(2,3)4)27-18-9-10-20-17(15-18)12-13-25(20)22(26)28-24(5,6)7/h8-15H,1-7H3. The molecule has 1 aromatic heterocycles. The summed E-state index contributed by atoms with van der Waals surface area (Å²) < 4.78 is 13.2. The summed E-state index contributed by atoms with van der Waals surface area (Å²) in [6.07, 6.45) is 1.35. The molecule has 0 fully saturated rings. The van der Waals surface area contributed by atoms with Gasteiger partial charge in [0.25, 0.3) is 0 Å². The van der Waals surface area contributed by atoms with Crippen LogP contribution >= 0.6 is 0 Å². The minimum Gasteiger partial charge on any atom is -0.457 e. The molecule has 0 unspecified atom stereocenters. The van der Waals surface area contributed by atoms with E-state index in [1.807, 2.05) is 51.1 Å². The molecular formula is C24H29NO3. The van der Waals surface area contributed by atoms with Crippen LogP contribution in [0.1, 0.15) is 52.7 Å². The van der Waals surface area contributed by atoms with E-state index in [0.717, 1.165) is 22.4 Å². The third-order valence-electron chi connectivity index (χ3n) is 4.42. The summed E-state index contributed by atoms with van der Waals surface area (Å²) in [6, 6.07) is 13.9. The Hall–Kier alpha value is -2.75. The van der Waals surface area contributed by atoms with Gasteiger partial charge < -0.3 is 9.47 Å². The topological polar surface area (TPSA) is 40.5 Å². The normalized spacial score (nSPS) is 12.2. The Morgan fingerprint density at radius 2 is 1.64 bits per heavy atom. The van der Waals surface area contributed by atoms with E-state index in [1.165, 1.54) is 15.7 Å². The number of carbonyl (C=O) groups is 1. The number of carbonyl (C=O) groups excluding carboxylic acids is 1. The lowest BCUT2D eigenvalue weighted by atomic mass is 9.85. The lowest BCUT2D eigenvalue weighted by Gasteiger charge is -2.23. The van der Waals surface area contributed by atoms with Crippen LogP contribution in [0.25, 0.3) is 10.9 Å².